The average molecular weight is 364 g/mol. The Morgan fingerprint density at radius 3 is 2.59 bits per heavy atom. The van der Waals surface area contributed by atoms with E-state index in [1.54, 1.807) is 12.1 Å². The number of nitrogens with zero attached hydrogens (tertiary/aromatic N) is 2. The largest absolute Gasteiger partial charge is 0.369 e. The van der Waals surface area contributed by atoms with Gasteiger partial charge in [0.25, 0.3) is 5.91 Å². The van der Waals surface area contributed by atoms with Crippen LogP contribution in [0.3, 0.4) is 0 Å². The third kappa shape index (κ3) is 4.91. The number of anilines is 2. The number of carbonyl (C=O) groups excluding carboxylic acids is 2. The van der Waals surface area contributed by atoms with Crippen molar-refractivity contribution in [1.29, 1.82) is 0 Å². The first-order valence-corrected chi connectivity index (χ1v) is 8.41. The Labute approximate surface area is 156 Å². The molecule has 0 bridgehead atoms. The number of guanidine groups is 2. The van der Waals surface area contributed by atoms with E-state index < -0.39 is 6.04 Å². The van der Waals surface area contributed by atoms with E-state index in [1.807, 2.05) is 49.4 Å². The summed E-state index contributed by atoms with van der Waals surface area (Å²) in [5, 5.41) is 8.21. The Morgan fingerprint density at radius 1 is 1.15 bits per heavy atom. The molecule has 3 rings (SSSR count). The number of benzene rings is 2. The molecule has 2 aromatic carbocycles. The van der Waals surface area contributed by atoms with Crippen molar-refractivity contribution in [2.24, 2.45) is 15.7 Å². The summed E-state index contributed by atoms with van der Waals surface area (Å²) in [6.45, 7) is 1.94. The van der Waals surface area contributed by atoms with Gasteiger partial charge in [0.1, 0.15) is 6.04 Å². The molecule has 2 amide bonds. The predicted octanol–water partition coefficient (Wildman–Crippen LogP) is 1.60. The van der Waals surface area contributed by atoms with Crippen molar-refractivity contribution < 1.29 is 9.59 Å². The van der Waals surface area contributed by atoms with Gasteiger partial charge < -0.3 is 16.4 Å². The first kappa shape index (κ1) is 18.1. The minimum Gasteiger partial charge on any atom is -0.369 e. The van der Waals surface area contributed by atoms with E-state index in [2.05, 4.69) is 25.9 Å². The molecule has 2 aromatic rings. The third-order valence-corrected chi connectivity index (χ3v) is 3.89. The van der Waals surface area contributed by atoms with Crippen LogP contribution in [0.2, 0.25) is 0 Å². The average Bonchev–Trinajstić information content (AvgIpc) is 2.96. The van der Waals surface area contributed by atoms with E-state index in [9.17, 15) is 9.59 Å². The van der Waals surface area contributed by atoms with Gasteiger partial charge in [-0.25, -0.2) is 4.99 Å². The van der Waals surface area contributed by atoms with Gasteiger partial charge in [-0.1, -0.05) is 36.4 Å². The van der Waals surface area contributed by atoms with Crippen molar-refractivity contribution in [2.75, 3.05) is 10.6 Å². The summed E-state index contributed by atoms with van der Waals surface area (Å²) in [6.07, 6.45) is -0.0785. The molecule has 1 unspecified atom stereocenters. The Bertz CT molecular complexity index is 907. The summed E-state index contributed by atoms with van der Waals surface area (Å²) in [5.74, 6) is -0.518. The molecular formula is C19H20N6O2. The van der Waals surface area contributed by atoms with Gasteiger partial charge in [0.15, 0.2) is 0 Å². The molecule has 0 aliphatic carbocycles. The summed E-state index contributed by atoms with van der Waals surface area (Å²) in [6, 6.07) is 15.8. The molecule has 5 N–H and O–H groups in total. The molecule has 1 atom stereocenters. The van der Waals surface area contributed by atoms with Crippen molar-refractivity contribution >= 4 is 35.1 Å². The number of hydrogen-bond donors (Lipinski definition) is 4. The third-order valence-electron chi connectivity index (χ3n) is 3.89. The summed E-state index contributed by atoms with van der Waals surface area (Å²) in [4.78, 5) is 32.3. The normalized spacial score (nSPS) is 16.5. The van der Waals surface area contributed by atoms with Crippen molar-refractivity contribution in [3.05, 3.63) is 60.2 Å². The highest BCUT2D eigenvalue weighted by Gasteiger charge is 2.28. The number of aliphatic imine (C=N–C) groups is 2. The number of nitrogens with one attached hydrogen (secondary N) is 3. The smallest absolute Gasteiger partial charge is 0.252 e. The molecule has 0 saturated heterocycles. The van der Waals surface area contributed by atoms with Gasteiger partial charge in [-0.05, 0) is 30.7 Å². The van der Waals surface area contributed by atoms with Gasteiger partial charge in [0, 0.05) is 11.4 Å². The lowest BCUT2D eigenvalue weighted by Gasteiger charge is -2.07. The lowest BCUT2D eigenvalue weighted by atomic mass is 10.2. The number of aryl methyl sites for hydroxylation is 1. The molecule has 1 heterocycles. The fraction of sp³-hybridized carbons (Fsp3) is 0.158. The van der Waals surface area contributed by atoms with Crippen LogP contribution in [0.1, 0.15) is 12.0 Å². The second-order valence-electron chi connectivity index (χ2n) is 6.01. The standard InChI is InChI=1S/C19H20N6O2/c1-12-7-5-6-10-14(12)22-18(20)25-19-23-15(17(27)24-19)11-16(26)21-13-8-3-2-4-9-13/h2-10,15H,11H2,1H3,(H,21,26)(H4,20,22,23,24,25,27). The van der Waals surface area contributed by atoms with Crippen LogP contribution in [0, 0.1) is 6.92 Å². The van der Waals surface area contributed by atoms with E-state index >= 15 is 0 Å². The van der Waals surface area contributed by atoms with Crippen LogP contribution < -0.4 is 21.7 Å². The highest BCUT2D eigenvalue weighted by atomic mass is 16.2. The van der Waals surface area contributed by atoms with Crippen LogP contribution in [-0.4, -0.2) is 29.8 Å². The van der Waals surface area contributed by atoms with Crippen LogP contribution in [0.4, 0.5) is 11.4 Å². The molecule has 27 heavy (non-hydrogen) atoms. The zero-order valence-electron chi connectivity index (χ0n) is 14.8. The van der Waals surface area contributed by atoms with E-state index in [4.69, 9.17) is 5.73 Å². The minimum absolute atomic E-state index is 0.0785. The van der Waals surface area contributed by atoms with Gasteiger partial charge in [-0.3, -0.25) is 14.9 Å². The maximum Gasteiger partial charge on any atom is 0.252 e. The van der Waals surface area contributed by atoms with Crippen molar-refractivity contribution in [3.63, 3.8) is 0 Å². The number of hydrogen-bond acceptors (Lipinski definition) is 4. The molecule has 0 aromatic heterocycles. The zero-order chi connectivity index (χ0) is 19.2. The van der Waals surface area contributed by atoms with Gasteiger partial charge in [0.2, 0.25) is 17.8 Å². The monoisotopic (exact) mass is 364 g/mol. The summed E-state index contributed by atoms with van der Waals surface area (Å²) in [7, 11) is 0. The first-order valence-electron chi connectivity index (χ1n) is 8.41. The SMILES string of the molecule is Cc1ccccc1N/C(N)=N/C1=NC(CC(=O)Nc2ccccc2)C(=O)N1. The zero-order valence-corrected chi connectivity index (χ0v) is 14.8. The van der Waals surface area contributed by atoms with Crippen LogP contribution in [0.25, 0.3) is 0 Å². The van der Waals surface area contributed by atoms with Gasteiger partial charge in [0.05, 0.1) is 6.42 Å². The fourth-order valence-corrected chi connectivity index (χ4v) is 2.53. The molecule has 8 heteroatoms. The van der Waals surface area contributed by atoms with Gasteiger partial charge in [-0.2, -0.15) is 4.99 Å². The lowest BCUT2D eigenvalue weighted by Crippen LogP contribution is -2.32. The number of amides is 2. The highest BCUT2D eigenvalue weighted by molar-refractivity contribution is 6.11. The van der Waals surface area contributed by atoms with E-state index in [1.165, 1.54) is 0 Å². The topological polar surface area (TPSA) is 121 Å². The quantitative estimate of drug-likeness (QED) is 0.486. The van der Waals surface area contributed by atoms with Crippen molar-refractivity contribution in [2.45, 2.75) is 19.4 Å². The molecule has 0 radical (unpaired) electrons. The lowest BCUT2D eigenvalue weighted by molar-refractivity contribution is -0.123. The predicted molar refractivity (Wildman–Crippen MR) is 105 cm³/mol. The molecule has 0 fully saturated rings. The molecule has 1 aliphatic rings. The Kier molecular flexibility index (Phi) is 5.46. The van der Waals surface area contributed by atoms with Gasteiger partial charge in [-0.15, -0.1) is 0 Å². The van der Waals surface area contributed by atoms with Crippen molar-refractivity contribution in [1.82, 2.24) is 5.32 Å². The van der Waals surface area contributed by atoms with Crippen LogP contribution in [0.15, 0.2) is 64.6 Å². The molecule has 0 saturated carbocycles. The summed E-state index contributed by atoms with van der Waals surface area (Å²) >= 11 is 0. The minimum atomic E-state index is -0.835. The maximum absolute atomic E-state index is 12.1. The number of rotatable bonds is 4. The number of nitrogens with two attached hydrogens (primary N) is 1. The molecule has 1 aliphatic heterocycles. The summed E-state index contributed by atoms with van der Waals surface area (Å²) in [5.41, 5.74) is 8.35. The van der Waals surface area contributed by atoms with Crippen LogP contribution >= 0.6 is 0 Å². The molecule has 138 valence electrons. The van der Waals surface area contributed by atoms with Crippen LogP contribution in [0.5, 0.6) is 0 Å². The number of para-hydroxylation sites is 2. The molecule has 8 nitrogen and oxygen atoms in total. The van der Waals surface area contributed by atoms with Crippen LogP contribution in [-0.2, 0) is 9.59 Å². The molecular weight excluding hydrogens is 344 g/mol. The van der Waals surface area contributed by atoms with E-state index in [0.717, 1.165) is 11.3 Å². The maximum atomic E-state index is 12.1. The number of carbonyl (C=O) groups is 2. The molecule has 0 spiro atoms. The second-order valence-corrected chi connectivity index (χ2v) is 6.01. The summed E-state index contributed by atoms with van der Waals surface area (Å²) < 4.78 is 0. The fourth-order valence-electron chi connectivity index (χ4n) is 2.53. The van der Waals surface area contributed by atoms with E-state index in [-0.39, 0.29) is 30.2 Å². The van der Waals surface area contributed by atoms with Gasteiger partial charge >= 0.3 is 0 Å². The Balaban J connectivity index is 1.61. The Morgan fingerprint density at radius 2 is 1.85 bits per heavy atom. The Hall–Kier alpha value is -3.68. The second kappa shape index (κ2) is 8.13. The van der Waals surface area contributed by atoms with Crippen molar-refractivity contribution in [3.8, 4) is 0 Å². The first-order chi connectivity index (χ1) is 13.0. The van der Waals surface area contributed by atoms with E-state index in [0.29, 0.717) is 5.69 Å². The highest BCUT2D eigenvalue weighted by Crippen LogP contribution is 2.13.